The van der Waals surface area contributed by atoms with Crippen LogP contribution in [0.3, 0.4) is 0 Å². The van der Waals surface area contributed by atoms with E-state index in [0.29, 0.717) is 5.56 Å². The molecule has 1 N–H and O–H groups in total. The van der Waals surface area contributed by atoms with E-state index in [1.54, 1.807) is 6.07 Å². The molecule has 0 saturated heterocycles. The Kier molecular flexibility index (Phi) is 4.21. The molecule has 112 valence electrons. The smallest absolute Gasteiger partial charge is 0.377 e. The summed E-state index contributed by atoms with van der Waals surface area (Å²) >= 11 is 0. The van der Waals surface area contributed by atoms with Crippen molar-refractivity contribution in [3.8, 4) is 0 Å². The highest BCUT2D eigenvalue weighted by molar-refractivity contribution is 5.49. The van der Waals surface area contributed by atoms with Gasteiger partial charge in [0, 0.05) is 11.7 Å². The summed E-state index contributed by atoms with van der Waals surface area (Å²) in [6.07, 6.45) is -4.32. The first-order valence-electron chi connectivity index (χ1n) is 6.65. The second-order valence-electron chi connectivity index (χ2n) is 5.07. The molecule has 0 aliphatic carbocycles. The normalized spacial score (nSPS) is 13.0. The molecule has 2 nitrogen and oxygen atoms in total. The van der Waals surface area contributed by atoms with E-state index in [1.807, 2.05) is 32.9 Å². The van der Waals surface area contributed by atoms with Gasteiger partial charge in [-0.1, -0.05) is 12.1 Å². The summed E-state index contributed by atoms with van der Waals surface area (Å²) in [4.78, 5) is 4.33. The summed E-state index contributed by atoms with van der Waals surface area (Å²) < 4.78 is 38.2. The van der Waals surface area contributed by atoms with Gasteiger partial charge in [-0.3, -0.25) is 4.98 Å². The third-order valence-electron chi connectivity index (χ3n) is 3.31. The van der Waals surface area contributed by atoms with Crippen molar-refractivity contribution < 1.29 is 13.2 Å². The second-order valence-corrected chi connectivity index (χ2v) is 5.07. The Balaban J connectivity index is 2.22. The molecule has 1 heterocycles. The third-order valence-corrected chi connectivity index (χ3v) is 3.31. The number of nitrogens with zero attached hydrogens (tertiary/aromatic N) is 1. The minimum atomic E-state index is -4.32. The zero-order chi connectivity index (χ0) is 15.6. The van der Waals surface area contributed by atoms with Crippen LogP contribution in [0.1, 0.15) is 35.5 Å². The number of halogens is 3. The van der Waals surface area contributed by atoms with Crippen LogP contribution in [-0.2, 0) is 6.18 Å². The minimum Gasteiger partial charge on any atom is -0.377 e. The number of aryl methyl sites for hydroxylation is 2. The van der Waals surface area contributed by atoms with Crippen LogP contribution in [0, 0.1) is 13.8 Å². The molecule has 2 aromatic rings. The fraction of sp³-hybridized carbons (Fsp3) is 0.312. The summed E-state index contributed by atoms with van der Waals surface area (Å²) in [5.74, 6) is 0. The predicted molar refractivity (Wildman–Crippen MR) is 77.2 cm³/mol. The van der Waals surface area contributed by atoms with Crippen LogP contribution < -0.4 is 5.32 Å². The number of pyridine rings is 1. The third kappa shape index (κ3) is 3.74. The van der Waals surface area contributed by atoms with Gasteiger partial charge in [-0.15, -0.1) is 0 Å². The van der Waals surface area contributed by atoms with Crippen molar-refractivity contribution in [2.24, 2.45) is 0 Å². The molecule has 1 atom stereocenters. The monoisotopic (exact) mass is 294 g/mol. The summed E-state index contributed by atoms with van der Waals surface area (Å²) in [5, 5.41) is 3.20. The molecule has 5 heteroatoms. The van der Waals surface area contributed by atoms with Crippen LogP contribution in [-0.4, -0.2) is 4.98 Å². The molecule has 0 saturated carbocycles. The van der Waals surface area contributed by atoms with Gasteiger partial charge in [0.25, 0.3) is 0 Å². The standard InChI is InChI=1S/C16H17F3N2/c1-10-7-8-15(12(3)20-10)21-11(2)13-5-4-6-14(9-13)16(17,18)19/h4-9,11,21H,1-3H3. The average molecular weight is 294 g/mol. The molecule has 1 unspecified atom stereocenters. The first-order chi connectivity index (χ1) is 9.77. The summed E-state index contributed by atoms with van der Waals surface area (Å²) in [6, 6.07) is 8.88. The Morgan fingerprint density at radius 3 is 2.43 bits per heavy atom. The van der Waals surface area contributed by atoms with Gasteiger partial charge < -0.3 is 5.32 Å². The highest BCUT2D eigenvalue weighted by atomic mass is 19.4. The van der Waals surface area contributed by atoms with Crippen molar-refractivity contribution in [2.45, 2.75) is 33.0 Å². The van der Waals surface area contributed by atoms with Crippen molar-refractivity contribution in [3.05, 3.63) is 58.9 Å². The van der Waals surface area contributed by atoms with Crippen molar-refractivity contribution in [1.29, 1.82) is 0 Å². The molecule has 0 fully saturated rings. The van der Waals surface area contributed by atoms with Crippen LogP contribution in [0.15, 0.2) is 36.4 Å². The lowest BCUT2D eigenvalue weighted by molar-refractivity contribution is -0.137. The highest BCUT2D eigenvalue weighted by Crippen LogP contribution is 2.31. The molecule has 0 aliphatic rings. The predicted octanol–water partition coefficient (Wildman–Crippen LogP) is 4.89. The fourth-order valence-electron chi connectivity index (χ4n) is 2.14. The maximum Gasteiger partial charge on any atom is 0.416 e. The topological polar surface area (TPSA) is 24.9 Å². The Morgan fingerprint density at radius 2 is 1.81 bits per heavy atom. The molecule has 2 rings (SSSR count). The van der Waals surface area contributed by atoms with Crippen molar-refractivity contribution in [1.82, 2.24) is 4.98 Å². The average Bonchev–Trinajstić information content (AvgIpc) is 2.41. The van der Waals surface area contributed by atoms with Gasteiger partial charge in [0.05, 0.1) is 16.9 Å². The van der Waals surface area contributed by atoms with Crippen LogP contribution in [0.25, 0.3) is 0 Å². The number of aromatic nitrogens is 1. The number of hydrogen-bond donors (Lipinski definition) is 1. The van der Waals surface area contributed by atoms with Crippen molar-refractivity contribution in [2.75, 3.05) is 5.32 Å². The van der Waals surface area contributed by atoms with E-state index < -0.39 is 11.7 Å². The van der Waals surface area contributed by atoms with E-state index in [9.17, 15) is 13.2 Å². The van der Waals surface area contributed by atoms with Crippen LogP contribution in [0.4, 0.5) is 18.9 Å². The van der Waals surface area contributed by atoms with E-state index in [0.717, 1.165) is 23.1 Å². The first-order valence-corrected chi connectivity index (χ1v) is 6.65. The zero-order valence-electron chi connectivity index (χ0n) is 12.1. The van der Waals surface area contributed by atoms with Crippen LogP contribution in [0.5, 0.6) is 0 Å². The van der Waals surface area contributed by atoms with Gasteiger partial charge in [-0.2, -0.15) is 13.2 Å². The summed E-state index contributed by atoms with van der Waals surface area (Å²) in [6.45, 7) is 5.59. The molecule has 0 bridgehead atoms. The number of anilines is 1. The molecule has 0 aliphatic heterocycles. The second kappa shape index (κ2) is 5.76. The number of benzene rings is 1. The highest BCUT2D eigenvalue weighted by Gasteiger charge is 2.30. The fourth-order valence-corrected chi connectivity index (χ4v) is 2.14. The quantitative estimate of drug-likeness (QED) is 0.871. The Labute approximate surface area is 122 Å². The maximum absolute atomic E-state index is 12.7. The van der Waals surface area contributed by atoms with Gasteiger partial charge in [0.15, 0.2) is 0 Å². The molecule has 1 aromatic heterocycles. The van der Waals surface area contributed by atoms with Crippen molar-refractivity contribution >= 4 is 5.69 Å². The van der Waals surface area contributed by atoms with Gasteiger partial charge in [0.1, 0.15) is 0 Å². The molecule has 0 amide bonds. The SMILES string of the molecule is Cc1ccc(NC(C)c2cccc(C(F)(F)F)c2)c(C)n1. The zero-order valence-corrected chi connectivity index (χ0v) is 12.1. The minimum absolute atomic E-state index is 0.240. The number of nitrogens with one attached hydrogen (secondary N) is 1. The van der Waals surface area contributed by atoms with E-state index in [2.05, 4.69) is 10.3 Å². The molecule has 1 aromatic carbocycles. The van der Waals surface area contributed by atoms with Crippen LogP contribution >= 0.6 is 0 Å². The molecular weight excluding hydrogens is 277 g/mol. The summed E-state index contributed by atoms with van der Waals surface area (Å²) in [7, 11) is 0. The van der Waals surface area contributed by atoms with Crippen LogP contribution in [0.2, 0.25) is 0 Å². The lowest BCUT2D eigenvalue weighted by Crippen LogP contribution is -2.11. The number of hydrogen-bond acceptors (Lipinski definition) is 2. The van der Waals surface area contributed by atoms with Gasteiger partial charge in [0.2, 0.25) is 0 Å². The Bertz CT molecular complexity index is 636. The molecular formula is C16H17F3N2. The first kappa shape index (κ1) is 15.4. The van der Waals surface area contributed by atoms with E-state index in [-0.39, 0.29) is 6.04 Å². The van der Waals surface area contributed by atoms with Gasteiger partial charge in [-0.05, 0) is 50.6 Å². The number of alkyl halides is 3. The summed E-state index contributed by atoms with van der Waals surface area (Å²) in [5.41, 5.74) is 2.52. The molecule has 0 spiro atoms. The van der Waals surface area contributed by atoms with Crippen molar-refractivity contribution in [3.63, 3.8) is 0 Å². The number of rotatable bonds is 3. The largest absolute Gasteiger partial charge is 0.416 e. The van der Waals surface area contributed by atoms with E-state index >= 15 is 0 Å². The lowest BCUT2D eigenvalue weighted by atomic mass is 10.0. The Morgan fingerprint density at radius 1 is 1.10 bits per heavy atom. The lowest BCUT2D eigenvalue weighted by Gasteiger charge is -2.18. The molecule has 0 radical (unpaired) electrons. The van der Waals surface area contributed by atoms with E-state index in [4.69, 9.17) is 0 Å². The maximum atomic E-state index is 12.7. The molecule has 21 heavy (non-hydrogen) atoms. The Hall–Kier alpha value is -2.04. The van der Waals surface area contributed by atoms with E-state index in [1.165, 1.54) is 12.1 Å². The van der Waals surface area contributed by atoms with Gasteiger partial charge in [-0.25, -0.2) is 0 Å². The van der Waals surface area contributed by atoms with Gasteiger partial charge >= 0.3 is 6.18 Å².